The fourth-order valence-corrected chi connectivity index (χ4v) is 3.24. The first-order valence-corrected chi connectivity index (χ1v) is 7.49. The van der Waals surface area contributed by atoms with Crippen molar-refractivity contribution in [2.45, 2.75) is 32.0 Å². The van der Waals surface area contributed by atoms with Crippen LogP contribution < -0.4 is 10.5 Å². The molecule has 20 heavy (non-hydrogen) atoms. The Hall–Kier alpha value is -0.810. The van der Waals surface area contributed by atoms with Crippen LogP contribution in [0.4, 0.5) is 0 Å². The Bertz CT molecular complexity index is 491. The summed E-state index contributed by atoms with van der Waals surface area (Å²) in [6, 6.07) is 4.35. The monoisotopic (exact) mass is 296 g/mol. The Labute approximate surface area is 124 Å². The fourth-order valence-electron chi connectivity index (χ4n) is 2.97. The molecule has 1 unspecified atom stereocenters. The van der Waals surface area contributed by atoms with Crippen molar-refractivity contribution >= 4 is 11.6 Å². The minimum Gasteiger partial charge on any atom is -0.467 e. The summed E-state index contributed by atoms with van der Waals surface area (Å²) in [5.41, 5.74) is 8.07. The molecule has 5 heteroatoms. The lowest BCUT2D eigenvalue weighted by Gasteiger charge is -2.29. The number of likely N-dealkylation sites (N-methyl/N-ethyl adjacent to an activating group) is 1. The van der Waals surface area contributed by atoms with Gasteiger partial charge in [0.1, 0.15) is 5.75 Å². The van der Waals surface area contributed by atoms with E-state index in [1.54, 1.807) is 0 Å². The van der Waals surface area contributed by atoms with Gasteiger partial charge < -0.3 is 15.2 Å². The molecule has 1 aromatic rings. The predicted octanol–water partition coefficient (Wildman–Crippen LogP) is 2.38. The minimum absolute atomic E-state index is 0.314. The SMILES string of the molecule is CN(Cc1cc(Cl)cc2c1OCOC2)C(CN)C1CC1. The molecule has 4 nitrogen and oxygen atoms in total. The second kappa shape index (κ2) is 5.90. The molecule has 0 bridgehead atoms. The average molecular weight is 297 g/mol. The molecule has 0 amide bonds. The Balaban J connectivity index is 1.80. The van der Waals surface area contributed by atoms with Crippen molar-refractivity contribution in [3.63, 3.8) is 0 Å². The summed E-state index contributed by atoms with van der Waals surface area (Å²) in [4.78, 5) is 2.32. The zero-order chi connectivity index (χ0) is 14.1. The van der Waals surface area contributed by atoms with Gasteiger partial charge in [0.15, 0.2) is 6.79 Å². The van der Waals surface area contributed by atoms with Crippen LogP contribution >= 0.6 is 11.6 Å². The van der Waals surface area contributed by atoms with Crippen LogP contribution in [0.25, 0.3) is 0 Å². The van der Waals surface area contributed by atoms with Crippen LogP contribution in [0, 0.1) is 5.92 Å². The van der Waals surface area contributed by atoms with E-state index in [9.17, 15) is 0 Å². The summed E-state index contributed by atoms with van der Waals surface area (Å²) < 4.78 is 11.0. The molecule has 3 rings (SSSR count). The quantitative estimate of drug-likeness (QED) is 0.906. The number of benzene rings is 1. The lowest BCUT2D eigenvalue weighted by molar-refractivity contribution is -0.0175. The Kier molecular flexibility index (Phi) is 4.17. The molecule has 0 saturated heterocycles. The molecule has 2 N–H and O–H groups in total. The van der Waals surface area contributed by atoms with Crippen molar-refractivity contribution in [3.05, 3.63) is 28.3 Å². The average Bonchev–Trinajstić information content (AvgIpc) is 3.24. The normalized spacial score (nSPS) is 19.6. The molecule has 0 spiro atoms. The molecule has 2 aliphatic rings. The van der Waals surface area contributed by atoms with Crippen LogP contribution in [0.2, 0.25) is 5.02 Å². The van der Waals surface area contributed by atoms with Gasteiger partial charge in [0.2, 0.25) is 0 Å². The number of hydrogen-bond acceptors (Lipinski definition) is 4. The summed E-state index contributed by atoms with van der Waals surface area (Å²) in [7, 11) is 2.13. The van der Waals surface area contributed by atoms with E-state index in [4.69, 9.17) is 26.8 Å². The van der Waals surface area contributed by atoms with E-state index >= 15 is 0 Å². The molecule has 1 aliphatic heterocycles. The number of halogens is 1. The first kappa shape index (κ1) is 14.1. The Morgan fingerprint density at radius 3 is 2.95 bits per heavy atom. The molecule has 0 aromatic heterocycles. The number of nitrogens with two attached hydrogens (primary N) is 1. The summed E-state index contributed by atoms with van der Waals surface area (Å²) in [6.45, 7) is 2.39. The molecular weight excluding hydrogens is 276 g/mol. The smallest absolute Gasteiger partial charge is 0.189 e. The van der Waals surface area contributed by atoms with E-state index < -0.39 is 0 Å². The molecule has 1 heterocycles. The van der Waals surface area contributed by atoms with Gasteiger partial charge in [0.05, 0.1) is 6.61 Å². The van der Waals surface area contributed by atoms with Crippen LogP contribution in [-0.4, -0.2) is 31.3 Å². The summed E-state index contributed by atoms with van der Waals surface area (Å²) in [6.07, 6.45) is 2.59. The maximum atomic E-state index is 6.20. The van der Waals surface area contributed by atoms with Gasteiger partial charge in [-0.3, -0.25) is 4.90 Å². The number of fused-ring (bicyclic) bond motifs is 1. The number of hydrogen-bond donors (Lipinski definition) is 1. The fraction of sp³-hybridized carbons (Fsp3) is 0.600. The van der Waals surface area contributed by atoms with Gasteiger partial charge in [0.25, 0.3) is 0 Å². The second-order valence-corrected chi connectivity index (χ2v) is 6.16. The van der Waals surface area contributed by atoms with Gasteiger partial charge in [-0.15, -0.1) is 0 Å². The topological polar surface area (TPSA) is 47.7 Å². The van der Waals surface area contributed by atoms with Crippen LogP contribution in [0.15, 0.2) is 12.1 Å². The van der Waals surface area contributed by atoms with Crippen LogP contribution in [0.1, 0.15) is 24.0 Å². The number of nitrogens with zero attached hydrogens (tertiary/aromatic N) is 1. The van der Waals surface area contributed by atoms with Crippen molar-refractivity contribution in [2.24, 2.45) is 11.7 Å². The predicted molar refractivity (Wildman–Crippen MR) is 78.8 cm³/mol. The molecule has 1 aromatic carbocycles. The highest BCUT2D eigenvalue weighted by Crippen LogP contribution is 2.37. The zero-order valence-electron chi connectivity index (χ0n) is 11.8. The maximum absolute atomic E-state index is 6.20. The summed E-state index contributed by atoms with van der Waals surface area (Å²) in [5.74, 6) is 1.68. The van der Waals surface area contributed by atoms with Crippen molar-refractivity contribution < 1.29 is 9.47 Å². The van der Waals surface area contributed by atoms with E-state index in [2.05, 4.69) is 11.9 Å². The zero-order valence-corrected chi connectivity index (χ0v) is 12.5. The van der Waals surface area contributed by atoms with Crippen molar-refractivity contribution in [3.8, 4) is 5.75 Å². The van der Waals surface area contributed by atoms with Gasteiger partial charge in [0, 0.05) is 35.3 Å². The first-order valence-electron chi connectivity index (χ1n) is 7.11. The molecule has 1 aliphatic carbocycles. The highest BCUT2D eigenvalue weighted by Gasteiger charge is 2.33. The van der Waals surface area contributed by atoms with Gasteiger partial charge >= 0.3 is 0 Å². The molecule has 0 radical (unpaired) electrons. The highest BCUT2D eigenvalue weighted by atomic mass is 35.5. The Morgan fingerprint density at radius 2 is 2.25 bits per heavy atom. The lowest BCUT2D eigenvalue weighted by atomic mass is 10.1. The molecule has 110 valence electrons. The van der Waals surface area contributed by atoms with Crippen molar-refractivity contribution in [2.75, 3.05) is 20.4 Å². The Morgan fingerprint density at radius 1 is 1.45 bits per heavy atom. The number of ether oxygens (including phenoxy) is 2. The van der Waals surface area contributed by atoms with Crippen molar-refractivity contribution in [1.29, 1.82) is 0 Å². The van der Waals surface area contributed by atoms with E-state index in [1.807, 2.05) is 12.1 Å². The molecule has 1 saturated carbocycles. The van der Waals surface area contributed by atoms with E-state index in [1.165, 1.54) is 12.8 Å². The van der Waals surface area contributed by atoms with Crippen LogP contribution in [0.3, 0.4) is 0 Å². The third kappa shape index (κ3) is 2.93. The summed E-state index contributed by atoms with van der Waals surface area (Å²) in [5, 5.41) is 0.733. The van der Waals surface area contributed by atoms with E-state index in [-0.39, 0.29) is 0 Å². The minimum atomic E-state index is 0.314. The van der Waals surface area contributed by atoms with Gasteiger partial charge in [-0.25, -0.2) is 0 Å². The maximum Gasteiger partial charge on any atom is 0.189 e. The van der Waals surface area contributed by atoms with Gasteiger partial charge in [-0.05, 0) is 37.9 Å². The number of rotatable bonds is 5. The first-order chi connectivity index (χ1) is 9.69. The summed E-state index contributed by atoms with van der Waals surface area (Å²) >= 11 is 6.20. The van der Waals surface area contributed by atoms with Crippen LogP contribution in [0.5, 0.6) is 5.75 Å². The third-order valence-corrected chi connectivity index (χ3v) is 4.36. The highest BCUT2D eigenvalue weighted by molar-refractivity contribution is 6.30. The van der Waals surface area contributed by atoms with E-state index in [0.29, 0.717) is 26.0 Å². The molecular formula is C15H21ClN2O2. The van der Waals surface area contributed by atoms with Crippen LogP contribution in [-0.2, 0) is 17.9 Å². The lowest BCUT2D eigenvalue weighted by Crippen LogP contribution is -2.39. The van der Waals surface area contributed by atoms with E-state index in [0.717, 1.165) is 34.4 Å². The largest absolute Gasteiger partial charge is 0.467 e. The standard InChI is InChI=1S/C15H21ClN2O2/c1-18(14(6-17)10-2-3-10)7-11-4-13(16)5-12-8-19-9-20-15(11)12/h4-5,10,14H,2-3,6-9,17H2,1H3. The molecule has 1 fully saturated rings. The second-order valence-electron chi connectivity index (χ2n) is 5.72. The van der Waals surface area contributed by atoms with Crippen molar-refractivity contribution in [1.82, 2.24) is 4.90 Å². The van der Waals surface area contributed by atoms with Gasteiger partial charge in [-0.1, -0.05) is 11.6 Å². The third-order valence-electron chi connectivity index (χ3n) is 4.15. The van der Waals surface area contributed by atoms with Gasteiger partial charge in [-0.2, -0.15) is 0 Å². The molecule has 1 atom stereocenters.